The number of hydrogen-bond acceptors (Lipinski definition) is 4. The highest BCUT2D eigenvalue weighted by molar-refractivity contribution is 5.46. The van der Waals surface area contributed by atoms with Gasteiger partial charge in [0, 0.05) is 12.2 Å². The van der Waals surface area contributed by atoms with E-state index < -0.39 is 0 Å². The van der Waals surface area contributed by atoms with E-state index in [0.717, 1.165) is 12.2 Å². The normalized spacial score (nSPS) is 11.9. The van der Waals surface area contributed by atoms with Crippen LogP contribution in [0.25, 0.3) is 0 Å². The molecular weight excluding hydrogens is 226 g/mol. The zero-order valence-electron chi connectivity index (χ0n) is 11.0. The van der Waals surface area contributed by atoms with E-state index in [4.69, 9.17) is 15.7 Å². The van der Waals surface area contributed by atoms with Gasteiger partial charge in [-0.1, -0.05) is 13.8 Å². The standard InChI is InChI=1S/C14H21N3O/c1-11(2)12(9-16)10-17-13-3-5-14(6-4-13)18-8-7-15/h3-6,11-12,17H,8-10,16H2,1-2H3. The summed E-state index contributed by atoms with van der Waals surface area (Å²) in [6, 6.07) is 9.54. The van der Waals surface area contributed by atoms with Crippen molar-refractivity contribution in [1.29, 1.82) is 5.26 Å². The maximum atomic E-state index is 8.41. The van der Waals surface area contributed by atoms with Gasteiger partial charge in [0.15, 0.2) is 6.61 Å². The first kappa shape index (κ1) is 14.3. The molecule has 98 valence electrons. The van der Waals surface area contributed by atoms with Crippen LogP contribution in [0, 0.1) is 23.2 Å². The Hall–Kier alpha value is -1.73. The van der Waals surface area contributed by atoms with Crippen molar-refractivity contribution >= 4 is 5.69 Å². The molecule has 0 saturated carbocycles. The molecule has 0 bridgehead atoms. The fraction of sp³-hybridized carbons (Fsp3) is 0.500. The summed E-state index contributed by atoms with van der Waals surface area (Å²) in [6.07, 6.45) is 0. The van der Waals surface area contributed by atoms with E-state index in [1.54, 1.807) is 0 Å². The first-order valence-electron chi connectivity index (χ1n) is 6.21. The fourth-order valence-electron chi connectivity index (χ4n) is 1.62. The Bertz CT molecular complexity index is 381. The molecule has 1 aromatic rings. The van der Waals surface area contributed by atoms with Gasteiger partial charge in [0.2, 0.25) is 0 Å². The largest absolute Gasteiger partial charge is 0.479 e. The van der Waals surface area contributed by atoms with Gasteiger partial charge in [-0.3, -0.25) is 0 Å². The summed E-state index contributed by atoms with van der Waals surface area (Å²) >= 11 is 0. The zero-order valence-corrected chi connectivity index (χ0v) is 11.0. The van der Waals surface area contributed by atoms with E-state index in [9.17, 15) is 0 Å². The van der Waals surface area contributed by atoms with Crippen LogP contribution in [0.3, 0.4) is 0 Å². The van der Waals surface area contributed by atoms with E-state index in [0.29, 0.717) is 24.1 Å². The minimum absolute atomic E-state index is 0.0787. The lowest BCUT2D eigenvalue weighted by Crippen LogP contribution is -2.27. The quantitative estimate of drug-likeness (QED) is 0.775. The van der Waals surface area contributed by atoms with Crippen molar-refractivity contribution in [3.05, 3.63) is 24.3 Å². The number of benzene rings is 1. The Balaban J connectivity index is 2.46. The van der Waals surface area contributed by atoms with Crippen molar-refractivity contribution < 1.29 is 4.74 Å². The molecule has 3 N–H and O–H groups in total. The van der Waals surface area contributed by atoms with E-state index in [2.05, 4.69) is 19.2 Å². The molecule has 0 fully saturated rings. The van der Waals surface area contributed by atoms with Gasteiger partial charge >= 0.3 is 0 Å². The lowest BCUT2D eigenvalue weighted by molar-refractivity contribution is 0.368. The van der Waals surface area contributed by atoms with Crippen molar-refractivity contribution in [2.75, 3.05) is 25.0 Å². The average Bonchev–Trinajstić information content (AvgIpc) is 2.38. The minimum atomic E-state index is 0.0787. The van der Waals surface area contributed by atoms with Crippen LogP contribution in [0.1, 0.15) is 13.8 Å². The first-order chi connectivity index (χ1) is 8.67. The molecule has 4 nitrogen and oxygen atoms in total. The van der Waals surface area contributed by atoms with Gasteiger partial charge in [-0.15, -0.1) is 0 Å². The van der Waals surface area contributed by atoms with Crippen LogP contribution in [0.5, 0.6) is 5.75 Å². The van der Waals surface area contributed by atoms with Crippen LogP contribution in [0.4, 0.5) is 5.69 Å². The van der Waals surface area contributed by atoms with Gasteiger partial charge in [0.1, 0.15) is 11.8 Å². The maximum absolute atomic E-state index is 8.41. The third-order valence-electron chi connectivity index (χ3n) is 2.97. The topological polar surface area (TPSA) is 71.1 Å². The van der Waals surface area contributed by atoms with Crippen molar-refractivity contribution in [3.8, 4) is 11.8 Å². The zero-order chi connectivity index (χ0) is 13.4. The average molecular weight is 247 g/mol. The number of ether oxygens (including phenoxy) is 1. The van der Waals surface area contributed by atoms with Gasteiger partial charge < -0.3 is 15.8 Å². The SMILES string of the molecule is CC(C)C(CN)CNc1ccc(OCC#N)cc1. The Morgan fingerprint density at radius 1 is 1.33 bits per heavy atom. The second-order valence-corrected chi connectivity index (χ2v) is 4.59. The molecule has 1 atom stereocenters. The van der Waals surface area contributed by atoms with Crippen LogP contribution in [-0.4, -0.2) is 19.7 Å². The number of nitrogens with zero attached hydrogens (tertiary/aromatic N) is 1. The van der Waals surface area contributed by atoms with Crippen LogP contribution in [0.2, 0.25) is 0 Å². The molecule has 0 aliphatic heterocycles. The Kier molecular flexibility index (Phi) is 6.03. The lowest BCUT2D eigenvalue weighted by Gasteiger charge is -2.20. The van der Waals surface area contributed by atoms with E-state index >= 15 is 0 Å². The van der Waals surface area contributed by atoms with Gasteiger partial charge in [-0.05, 0) is 42.6 Å². The van der Waals surface area contributed by atoms with Crippen LogP contribution in [0.15, 0.2) is 24.3 Å². The Labute approximate surface area is 109 Å². The van der Waals surface area contributed by atoms with Crippen molar-refractivity contribution in [3.63, 3.8) is 0 Å². The van der Waals surface area contributed by atoms with E-state index in [-0.39, 0.29) is 6.61 Å². The monoisotopic (exact) mass is 247 g/mol. The molecule has 0 spiro atoms. The second kappa shape index (κ2) is 7.57. The summed E-state index contributed by atoms with van der Waals surface area (Å²) in [4.78, 5) is 0. The summed E-state index contributed by atoms with van der Waals surface area (Å²) in [5, 5.41) is 11.8. The predicted octanol–water partition coefficient (Wildman–Crippen LogP) is 2.23. The number of anilines is 1. The van der Waals surface area contributed by atoms with Gasteiger partial charge in [-0.25, -0.2) is 0 Å². The third-order valence-corrected chi connectivity index (χ3v) is 2.97. The highest BCUT2D eigenvalue weighted by Crippen LogP contribution is 2.17. The smallest absolute Gasteiger partial charge is 0.174 e. The molecule has 0 saturated heterocycles. The first-order valence-corrected chi connectivity index (χ1v) is 6.21. The maximum Gasteiger partial charge on any atom is 0.174 e. The van der Waals surface area contributed by atoms with Crippen molar-refractivity contribution in [2.45, 2.75) is 13.8 Å². The molecule has 1 aromatic carbocycles. The molecular formula is C14H21N3O. The van der Waals surface area contributed by atoms with Gasteiger partial charge in [0.05, 0.1) is 0 Å². The van der Waals surface area contributed by atoms with E-state index in [1.165, 1.54) is 0 Å². The number of hydrogen-bond donors (Lipinski definition) is 2. The number of nitrogens with one attached hydrogen (secondary N) is 1. The molecule has 0 aliphatic carbocycles. The lowest BCUT2D eigenvalue weighted by atomic mass is 9.96. The van der Waals surface area contributed by atoms with Crippen LogP contribution < -0.4 is 15.8 Å². The summed E-state index contributed by atoms with van der Waals surface area (Å²) in [5.74, 6) is 1.75. The highest BCUT2D eigenvalue weighted by Gasteiger charge is 2.10. The molecule has 0 radical (unpaired) electrons. The van der Waals surface area contributed by atoms with Crippen molar-refractivity contribution in [2.24, 2.45) is 17.6 Å². The number of nitrogens with two attached hydrogens (primary N) is 1. The minimum Gasteiger partial charge on any atom is -0.479 e. The number of nitriles is 1. The third kappa shape index (κ3) is 4.64. The Morgan fingerprint density at radius 3 is 2.50 bits per heavy atom. The number of rotatable bonds is 7. The highest BCUT2D eigenvalue weighted by atomic mass is 16.5. The molecule has 4 heteroatoms. The molecule has 0 aliphatic rings. The van der Waals surface area contributed by atoms with Crippen molar-refractivity contribution in [1.82, 2.24) is 0 Å². The molecule has 0 amide bonds. The van der Waals surface area contributed by atoms with Gasteiger partial charge in [-0.2, -0.15) is 5.26 Å². The molecule has 1 unspecified atom stereocenters. The van der Waals surface area contributed by atoms with E-state index in [1.807, 2.05) is 30.3 Å². The summed E-state index contributed by atoms with van der Waals surface area (Å²) in [7, 11) is 0. The molecule has 1 rings (SSSR count). The summed E-state index contributed by atoms with van der Waals surface area (Å²) in [5.41, 5.74) is 6.77. The predicted molar refractivity (Wildman–Crippen MR) is 73.4 cm³/mol. The molecule has 0 heterocycles. The van der Waals surface area contributed by atoms with Crippen LogP contribution in [-0.2, 0) is 0 Å². The Morgan fingerprint density at radius 2 is 2.00 bits per heavy atom. The molecule has 0 aromatic heterocycles. The summed E-state index contributed by atoms with van der Waals surface area (Å²) in [6.45, 7) is 5.99. The van der Waals surface area contributed by atoms with Crippen LogP contribution >= 0.6 is 0 Å². The second-order valence-electron chi connectivity index (χ2n) is 4.59. The van der Waals surface area contributed by atoms with Gasteiger partial charge in [0.25, 0.3) is 0 Å². The molecule has 18 heavy (non-hydrogen) atoms. The summed E-state index contributed by atoms with van der Waals surface area (Å²) < 4.78 is 5.19. The fourth-order valence-corrected chi connectivity index (χ4v) is 1.62.